The fraction of sp³-hybridized carbons (Fsp3) is 0.625. The highest BCUT2D eigenvalue weighted by Crippen LogP contribution is 2.28. The first-order chi connectivity index (χ1) is 10.0. The van der Waals surface area contributed by atoms with Gasteiger partial charge in [0.15, 0.2) is 0 Å². The lowest BCUT2D eigenvalue weighted by Crippen LogP contribution is -2.31. The predicted octanol–water partition coefficient (Wildman–Crippen LogP) is 2.51. The SMILES string of the molecule is CNCc1cccc(S(=O)(=O)NCC2CCC(C)CC2)c1. The van der Waals surface area contributed by atoms with E-state index >= 15 is 0 Å². The number of sulfonamides is 1. The molecule has 0 saturated heterocycles. The van der Waals surface area contributed by atoms with Crippen LogP contribution in [-0.4, -0.2) is 22.0 Å². The van der Waals surface area contributed by atoms with Crippen LogP contribution in [0.3, 0.4) is 0 Å². The van der Waals surface area contributed by atoms with Crippen molar-refractivity contribution in [1.29, 1.82) is 0 Å². The molecule has 1 saturated carbocycles. The lowest BCUT2D eigenvalue weighted by atomic mass is 9.83. The maximum atomic E-state index is 12.4. The molecule has 0 spiro atoms. The molecule has 0 bridgehead atoms. The summed E-state index contributed by atoms with van der Waals surface area (Å²) < 4.78 is 27.5. The monoisotopic (exact) mass is 310 g/mol. The largest absolute Gasteiger partial charge is 0.316 e. The average Bonchev–Trinajstić information content (AvgIpc) is 2.47. The molecular formula is C16H26N2O2S. The van der Waals surface area contributed by atoms with E-state index in [1.165, 1.54) is 12.8 Å². The van der Waals surface area contributed by atoms with Crippen LogP contribution in [0.4, 0.5) is 0 Å². The van der Waals surface area contributed by atoms with Crippen molar-refractivity contribution in [2.24, 2.45) is 11.8 Å². The van der Waals surface area contributed by atoms with Crippen LogP contribution >= 0.6 is 0 Å². The van der Waals surface area contributed by atoms with E-state index in [2.05, 4.69) is 17.0 Å². The number of rotatable bonds is 6. The zero-order valence-electron chi connectivity index (χ0n) is 12.9. The summed E-state index contributed by atoms with van der Waals surface area (Å²) in [5, 5.41) is 3.04. The van der Waals surface area contributed by atoms with Gasteiger partial charge in [-0.1, -0.05) is 31.9 Å². The minimum Gasteiger partial charge on any atom is -0.316 e. The first-order valence-corrected chi connectivity index (χ1v) is 9.23. The average molecular weight is 310 g/mol. The molecule has 21 heavy (non-hydrogen) atoms. The Morgan fingerprint density at radius 1 is 1.19 bits per heavy atom. The second-order valence-corrected chi connectivity index (χ2v) is 7.92. The summed E-state index contributed by atoms with van der Waals surface area (Å²) in [6, 6.07) is 7.12. The van der Waals surface area contributed by atoms with Crippen LogP contribution in [0.15, 0.2) is 29.2 Å². The van der Waals surface area contributed by atoms with Gasteiger partial charge in [-0.2, -0.15) is 0 Å². The molecule has 2 rings (SSSR count). The zero-order valence-corrected chi connectivity index (χ0v) is 13.7. The number of hydrogen-bond donors (Lipinski definition) is 2. The van der Waals surface area contributed by atoms with Gasteiger partial charge in [0.1, 0.15) is 0 Å². The van der Waals surface area contributed by atoms with E-state index in [9.17, 15) is 8.42 Å². The normalized spacial score (nSPS) is 23.1. The van der Waals surface area contributed by atoms with E-state index < -0.39 is 10.0 Å². The van der Waals surface area contributed by atoms with Crippen molar-refractivity contribution in [2.45, 2.75) is 44.0 Å². The maximum Gasteiger partial charge on any atom is 0.240 e. The molecule has 1 aliphatic carbocycles. The first kappa shape index (κ1) is 16.5. The van der Waals surface area contributed by atoms with Gasteiger partial charge < -0.3 is 5.32 Å². The minimum absolute atomic E-state index is 0.361. The van der Waals surface area contributed by atoms with Gasteiger partial charge in [-0.05, 0) is 49.4 Å². The highest BCUT2D eigenvalue weighted by Gasteiger charge is 2.21. The molecule has 1 aliphatic rings. The second-order valence-electron chi connectivity index (χ2n) is 6.16. The minimum atomic E-state index is -3.39. The molecule has 0 aromatic heterocycles. The number of nitrogens with one attached hydrogen (secondary N) is 2. The standard InChI is InChI=1S/C16H26N2O2S/c1-13-6-8-14(9-7-13)12-18-21(19,20)16-5-3-4-15(10-16)11-17-2/h3-5,10,13-14,17-18H,6-9,11-12H2,1-2H3. The smallest absolute Gasteiger partial charge is 0.240 e. The van der Waals surface area contributed by atoms with E-state index in [1.807, 2.05) is 13.1 Å². The first-order valence-electron chi connectivity index (χ1n) is 7.74. The Morgan fingerprint density at radius 3 is 2.57 bits per heavy atom. The summed E-state index contributed by atoms with van der Waals surface area (Å²) in [6.45, 7) is 3.50. The third-order valence-corrected chi connectivity index (χ3v) is 5.71. The molecule has 1 aromatic carbocycles. The van der Waals surface area contributed by atoms with Crippen molar-refractivity contribution in [1.82, 2.24) is 10.0 Å². The van der Waals surface area contributed by atoms with Gasteiger partial charge >= 0.3 is 0 Å². The summed E-state index contributed by atoms with van der Waals surface area (Å²) in [5.74, 6) is 1.27. The van der Waals surface area contributed by atoms with Gasteiger partial charge in [0, 0.05) is 13.1 Å². The Morgan fingerprint density at radius 2 is 1.90 bits per heavy atom. The van der Waals surface area contributed by atoms with E-state index in [0.717, 1.165) is 24.3 Å². The highest BCUT2D eigenvalue weighted by atomic mass is 32.2. The maximum absolute atomic E-state index is 12.4. The van der Waals surface area contributed by atoms with Crippen molar-refractivity contribution in [3.05, 3.63) is 29.8 Å². The topological polar surface area (TPSA) is 58.2 Å². The van der Waals surface area contributed by atoms with Crippen molar-refractivity contribution >= 4 is 10.0 Å². The molecule has 118 valence electrons. The molecule has 0 unspecified atom stereocenters. The third-order valence-electron chi connectivity index (χ3n) is 4.29. The van der Waals surface area contributed by atoms with Gasteiger partial charge in [0.2, 0.25) is 10.0 Å². The molecule has 1 aromatic rings. The molecule has 5 heteroatoms. The quantitative estimate of drug-likeness (QED) is 0.849. The fourth-order valence-corrected chi connectivity index (χ4v) is 4.06. The summed E-state index contributed by atoms with van der Waals surface area (Å²) in [7, 11) is -1.54. The molecule has 4 nitrogen and oxygen atoms in total. The number of benzene rings is 1. The van der Waals surface area contributed by atoms with Crippen LogP contribution in [0.2, 0.25) is 0 Å². The van der Waals surface area contributed by atoms with Crippen molar-refractivity contribution in [3.8, 4) is 0 Å². The van der Waals surface area contributed by atoms with Crippen LogP contribution in [-0.2, 0) is 16.6 Å². The highest BCUT2D eigenvalue weighted by molar-refractivity contribution is 7.89. The van der Waals surface area contributed by atoms with Crippen LogP contribution in [0.25, 0.3) is 0 Å². The Balaban J connectivity index is 1.96. The Bertz CT molecular complexity index is 549. The molecular weight excluding hydrogens is 284 g/mol. The van der Waals surface area contributed by atoms with Crippen molar-refractivity contribution in [2.75, 3.05) is 13.6 Å². The van der Waals surface area contributed by atoms with E-state index in [0.29, 0.717) is 23.9 Å². The fourth-order valence-electron chi connectivity index (χ4n) is 2.87. The van der Waals surface area contributed by atoms with Crippen LogP contribution in [0.1, 0.15) is 38.2 Å². The van der Waals surface area contributed by atoms with E-state index in [-0.39, 0.29) is 0 Å². The predicted molar refractivity (Wildman–Crippen MR) is 85.5 cm³/mol. The summed E-state index contributed by atoms with van der Waals surface area (Å²) in [5.41, 5.74) is 0.979. The Kier molecular flexibility index (Phi) is 5.79. The van der Waals surface area contributed by atoms with Gasteiger partial charge in [-0.25, -0.2) is 13.1 Å². The van der Waals surface area contributed by atoms with Gasteiger partial charge in [0.25, 0.3) is 0 Å². The molecule has 2 N–H and O–H groups in total. The Labute approximate surface area is 128 Å². The van der Waals surface area contributed by atoms with E-state index in [1.54, 1.807) is 18.2 Å². The van der Waals surface area contributed by atoms with Gasteiger partial charge in [0.05, 0.1) is 4.90 Å². The second kappa shape index (κ2) is 7.38. The molecule has 0 aliphatic heterocycles. The van der Waals surface area contributed by atoms with Gasteiger partial charge in [-0.15, -0.1) is 0 Å². The summed E-state index contributed by atoms with van der Waals surface area (Å²) in [4.78, 5) is 0.361. The van der Waals surface area contributed by atoms with E-state index in [4.69, 9.17) is 0 Å². The lowest BCUT2D eigenvalue weighted by Gasteiger charge is -2.26. The molecule has 0 atom stereocenters. The van der Waals surface area contributed by atoms with Gasteiger partial charge in [-0.3, -0.25) is 0 Å². The van der Waals surface area contributed by atoms with Crippen molar-refractivity contribution in [3.63, 3.8) is 0 Å². The molecule has 0 heterocycles. The van der Waals surface area contributed by atoms with Crippen LogP contribution in [0, 0.1) is 11.8 Å². The third kappa shape index (κ3) is 4.80. The molecule has 0 radical (unpaired) electrons. The summed E-state index contributed by atoms with van der Waals surface area (Å²) in [6.07, 6.45) is 4.68. The number of hydrogen-bond acceptors (Lipinski definition) is 3. The zero-order chi connectivity index (χ0) is 15.3. The lowest BCUT2D eigenvalue weighted by molar-refractivity contribution is 0.290. The molecule has 1 fully saturated rings. The molecule has 0 amide bonds. The van der Waals surface area contributed by atoms with Crippen LogP contribution in [0.5, 0.6) is 0 Å². The van der Waals surface area contributed by atoms with Crippen molar-refractivity contribution < 1.29 is 8.42 Å². The van der Waals surface area contributed by atoms with Crippen LogP contribution < -0.4 is 10.0 Å². The Hall–Kier alpha value is -0.910. The summed E-state index contributed by atoms with van der Waals surface area (Å²) >= 11 is 0.